The highest BCUT2D eigenvalue weighted by Gasteiger charge is 2.28. The number of benzene rings is 1. The van der Waals surface area contributed by atoms with Gasteiger partial charge in [0, 0.05) is 18.3 Å². The minimum Gasteiger partial charge on any atom is -0.377 e. The molecule has 1 aromatic rings. The van der Waals surface area contributed by atoms with Crippen LogP contribution in [-0.4, -0.2) is 30.9 Å². The summed E-state index contributed by atoms with van der Waals surface area (Å²) < 4.78 is 11.3. The fourth-order valence-electron chi connectivity index (χ4n) is 2.05. The molecule has 1 aliphatic heterocycles. The molecule has 0 radical (unpaired) electrons. The number of hydrogen-bond donors (Lipinski definition) is 2. The minimum absolute atomic E-state index is 0.0779. The zero-order valence-electron chi connectivity index (χ0n) is 12.4. The van der Waals surface area contributed by atoms with Crippen LogP contribution in [0.5, 0.6) is 0 Å². The van der Waals surface area contributed by atoms with Gasteiger partial charge in [0.2, 0.25) is 5.91 Å². The second-order valence-electron chi connectivity index (χ2n) is 5.57. The molecule has 5 nitrogen and oxygen atoms in total. The van der Waals surface area contributed by atoms with Crippen molar-refractivity contribution in [2.45, 2.75) is 39.5 Å². The van der Waals surface area contributed by atoms with Crippen LogP contribution in [0.1, 0.15) is 26.3 Å². The van der Waals surface area contributed by atoms with Gasteiger partial charge in [0.1, 0.15) is 0 Å². The first-order valence-electron chi connectivity index (χ1n) is 6.78. The molecule has 0 spiro atoms. The van der Waals surface area contributed by atoms with E-state index >= 15 is 0 Å². The van der Waals surface area contributed by atoms with Gasteiger partial charge in [-0.15, -0.1) is 0 Å². The first-order chi connectivity index (χ1) is 9.35. The van der Waals surface area contributed by atoms with Crippen LogP contribution in [0.15, 0.2) is 18.2 Å². The highest BCUT2D eigenvalue weighted by Crippen LogP contribution is 2.24. The lowest BCUT2D eigenvalue weighted by Crippen LogP contribution is -2.45. The molecule has 1 amide bonds. The maximum atomic E-state index is 11.1. The van der Waals surface area contributed by atoms with E-state index < -0.39 is 5.79 Å². The lowest BCUT2D eigenvalue weighted by Gasteiger charge is -2.35. The van der Waals surface area contributed by atoms with Crippen molar-refractivity contribution in [3.8, 4) is 0 Å². The largest absolute Gasteiger partial charge is 0.377 e. The number of carbonyl (C=O) groups excluding carboxylic acids is 1. The van der Waals surface area contributed by atoms with Crippen LogP contribution in [0.25, 0.3) is 0 Å². The van der Waals surface area contributed by atoms with Crippen molar-refractivity contribution in [3.63, 3.8) is 0 Å². The summed E-state index contributed by atoms with van der Waals surface area (Å²) in [6.45, 7) is 8.53. The summed E-state index contributed by atoms with van der Waals surface area (Å²) in [7, 11) is 0. The van der Waals surface area contributed by atoms with E-state index in [-0.39, 0.29) is 11.9 Å². The van der Waals surface area contributed by atoms with Gasteiger partial charge in [-0.2, -0.15) is 0 Å². The van der Waals surface area contributed by atoms with Gasteiger partial charge >= 0.3 is 0 Å². The second kappa shape index (κ2) is 5.81. The maximum absolute atomic E-state index is 11.1. The Balaban J connectivity index is 2.03. The Morgan fingerprint density at radius 1 is 1.30 bits per heavy atom. The van der Waals surface area contributed by atoms with Crippen molar-refractivity contribution in [2.75, 3.05) is 23.8 Å². The van der Waals surface area contributed by atoms with E-state index in [9.17, 15) is 4.79 Å². The molecule has 110 valence electrons. The third kappa shape index (κ3) is 3.95. The molecule has 0 bridgehead atoms. The van der Waals surface area contributed by atoms with Crippen LogP contribution in [0.3, 0.4) is 0 Å². The predicted molar refractivity (Wildman–Crippen MR) is 78.9 cm³/mol. The van der Waals surface area contributed by atoms with Crippen LogP contribution in [0, 0.1) is 6.92 Å². The SMILES string of the molecule is CC(=O)Nc1ccc(C)c(NC2COC(C)(C)OC2)c1. The van der Waals surface area contributed by atoms with Crippen LogP contribution in [0.4, 0.5) is 11.4 Å². The highest BCUT2D eigenvalue weighted by atomic mass is 16.7. The molecule has 0 unspecified atom stereocenters. The van der Waals surface area contributed by atoms with Gasteiger partial charge in [-0.1, -0.05) is 6.07 Å². The van der Waals surface area contributed by atoms with Gasteiger partial charge in [0.05, 0.1) is 19.3 Å². The summed E-state index contributed by atoms with van der Waals surface area (Å²) in [6.07, 6.45) is 0. The molecule has 2 rings (SSSR count). The van der Waals surface area contributed by atoms with Crippen molar-refractivity contribution in [1.82, 2.24) is 0 Å². The van der Waals surface area contributed by atoms with Crippen LogP contribution in [-0.2, 0) is 14.3 Å². The maximum Gasteiger partial charge on any atom is 0.221 e. The molecule has 5 heteroatoms. The summed E-state index contributed by atoms with van der Waals surface area (Å²) in [6, 6.07) is 5.89. The van der Waals surface area contributed by atoms with E-state index in [0.717, 1.165) is 16.9 Å². The molecule has 0 saturated carbocycles. The first-order valence-corrected chi connectivity index (χ1v) is 6.78. The van der Waals surface area contributed by atoms with E-state index in [2.05, 4.69) is 10.6 Å². The zero-order chi connectivity index (χ0) is 14.8. The summed E-state index contributed by atoms with van der Waals surface area (Å²) >= 11 is 0. The first kappa shape index (κ1) is 14.8. The van der Waals surface area contributed by atoms with Crippen LogP contribution >= 0.6 is 0 Å². The van der Waals surface area contributed by atoms with Crippen molar-refractivity contribution >= 4 is 17.3 Å². The minimum atomic E-state index is -0.509. The standard InChI is InChI=1S/C15H22N2O3/c1-10-5-6-12(16-11(2)18)7-14(10)17-13-8-19-15(3,4)20-9-13/h5-7,13,17H,8-9H2,1-4H3,(H,16,18). The van der Waals surface area contributed by atoms with Gasteiger partial charge in [-0.3, -0.25) is 4.79 Å². The normalized spacial score (nSPS) is 18.6. The van der Waals surface area contributed by atoms with Crippen LogP contribution in [0.2, 0.25) is 0 Å². The summed E-state index contributed by atoms with van der Waals surface area (Å²) in [5.74, 6) is -0.587. The average Bonchev–Trinajstić information content (AvgIpc) is 2.35. The number of anilines is 2. The Labute approximate surface area is 119 Å². The number of carbonyl (C=O) groups is 1. The zero-order valence-corrected chi connectivity index (χ0v) is 12.4. The molecule has 1 aliphatic rings. The molecular formula is C15H22N2O3. The van der Waals surface area contributed by atoms with Gasteiger partial charge < -0.3 is 20.1 Å². The van der Waals surface area contributed by atoms with E-state index in [0.29, 0.717) is 13.2 Å². The number of amides is 1. The van der Waals surface area contributed by atoms with Crippen molar-refractivity contribution in [3.05, 3.63) is 23.8 Å². The van der Waals surface area contributed by atoms with Crippen molar-refractivity contribution in [1.29, 1.82) is 0 Å². The molecule has 2 N–H and O–H groups in total. The average molecular weight is 278 g/mol. The van der Waals surface area contributed by atoms with E-state index in [4.69, 9.17) is 9.47 Å². The lowest BCUT2D eigenvalue weighted by molar-refractivity contribution is -0.247. The fourth-order valence-corrected chi connectivity index (χ4v) is 2.05. The molecule has 0 aromatic heterocycles. The van der Waals surface area contributed by atoms with Gasteiger partial charge in [-0.05, 0) is 38.5 Å². The number of nitrogens with one attached hydrogen (secondary N) is 2. The topological polar surface area (TPSA) is 59.6 Å². The number of rotatable bonds is 3. The summed E-state index contributed by atoms with van der Waals surface area (Å²) in [5.41, 5.74) is 2.88. The quantitative estimate of drug-likeness (QED) is 0.892. The molecule has 0 atom stereocenters. The van der Waals surface area contributed by atoms with Gasteiger partial charge in [0.15, 0.2) is 5.79 Å². The molecule has 1 fully saturated rings. The van der Waals surface area contributed by atoms with Gasteiger partial charge in [-0.25, -0.2) is 0 Å². The van der Waals surface area contributed by atoms with E-state index in [1.807, 2.05) is 39.0 Å². The summed E-state index contributed by atoms with van der Waals surface area (Å²) in [5, 5.41) is 6.18. The predicted octanol–water partition coefficient (Wildman–Crippen LogP) is 2.52. The Hall–Kier alpha value is -1.59. The smallest absolute Gasteiger partial charge is 0.221 e. The third-order valence-electron chi connectivity index (χ3n) is 3.18. The molecule has 20 heavy (non-hydrogen) atoms. The molecule has 1 saturated heterocycles. The highest BCUT2D eigenvalue weighted by molar-refractivity contribution is 5.89. The Kier molecular flexibility index (Phi) is 4.30. The second-order valence-corrected chi connectivity index (χ2v) is 5.57. The molecule has 0 aliphatic carbocycles. The van der Waals surface area contributed by atoms with E-state index in [1.54, 1.807) is 0 Å². The van der Waals surface area contributed by atoms with Gasteiger partial charge in [0.25, 0.3) is 0 Å². The number of hydrogen-bond acceptors (Lipinski definition) is 4. The summed E-state index contributed by atoms with van der Waals surface area (Å²) in [4.78, 5) is 11.1. The third-order valence-corrected chi connectivity index (χ3v) is 3.18. The monoisotopic (exact) mass is 278 g/mol. The number of aryl methyl sites for hydroxylation is 1. The Morgan fingerprint density at radius 3 is 2.55 bits per heavy atom. The van der Waals surface area contributed by atoms with Crippen LogP contribution < -0.4 is 10.6 Å². The van der Waals surface area contributed by atoms with Crippen molar-refractivity contribution in [2.24, 2.45) is 0 Å². The Morgan fingerprint density at radius 2 is 1.95 bits per heavy atom. The number of ether oxygens (including phenoxy) is 2. The molecular weight excluding hydrogens is 256 g/mol. The van der Waals surface area contributed by atoms with Crippen molar-refractivity contribution < 1.29 is 14.3 Å². The Bertz CT molecular complexity index is 490. The molecule has 1 aromatic carbocycles. The fraction of sp³-hybridized carbons (Fsp3) is 0.533. The lowest BCUT2D eigenvalue weighted by atomic mass is 10.1. The van der Waals surface area contributed by atoms with E-state index in [1.165, 1.54) is 6.92 Å². The molecule has 1 heterocycles.